The number of carbonyl (C=O) groups is 3. The average Bonchev–Trinajstić information content (AvgIpc) is 2.24. The lowest BCUT2D eigenvalue weighted by atomic mass is 10.1. The predicted octanol–water partition coefficient (Wildman–Crippen LogP) is 0.910. The van der Waals surface area contributed by atoms with E-state index < -0.39 is 0 Å². The van der Waals surface area contributed by atoms with Crippen LogP contribution in [0.5, 0.6) is 0 Å². The van der Waals surface area contributed by atoms with E-state index in [9.17, 15) is 14.4 Å². The van der Waals surface area contributed by atoms with Crippen LogP contribution in [0.3, 0.4) is 0 Å². The Morgan fingerprint density at radius 2 is 1.19 bits per heavy atom. The van der Waals surface area contributed by atoms with Crippen LogP contribution in [0.4, 0.5) is 0 Å². The maximum absolute atomic E-state index is 12.2. The number of nitrogens with one attached hydrogen (secondary N) is 2. The number of carbonyl (C=O) groups excluding carboxylic acids is 3. The first kappa shape index (κ1) is 19.4. The molecule has 0 spiro atoms. The Bertz CT molecular complexity index is 341. The highest BCUT2D eigenvalue weighted by Gasteiger charge is 2.21. The molecule has 0 aliphatic rings. The van der Waals surface area contributed by atoms with Gasteiger partial charge in [0.2, 0.25) is 17.7 Å². The van der Waals surface area contributed by atoms with Gasteiger partial charge >= 0.3 is 0 Å². The normalized spacial score (nSPS) is 10.9. The molecule has 0 aliphatic carbocycles. The first-order chi connectivity index (χ1) is 9.61. The van der Waals surface area contributed by atoms with Crippen molar-refractivity contribution in [3.05, 3.63) is 0 Å². The van der Waals surface area contributed by atoms with Gasteiger partial charge in [-0.15, -0.1) is 0 Å². The Hall–Kier alpha value is -1.59. The summed E-state index contributed by atoms with van der Waals surface area (Å²) in [6.07, 6.45) is 0.323. The second-order valence-electron chi connectivity index (χ2n) is 6.29. The Morgan fingerprint density at radius 3 is 1.48 bits per heavy atom. The fraction of sp³-hybridized carbons (Fsp3) is 0.800. The highest BCUT2D eigenvalue weighted by Crippen LogP contribution is 2.04. The van der Waals surface area contributed by atoms with Crippen LogP contribution in [0, 0.1) is 5.92 Å². The van der Waals surface area contributed by atoms with Crippen molar-refractivity contribution < 1.29 is 14.4 Å². The van der Waals surface area contributed by atoms with Gasteiger partial charge in [-0.3, -0.25) is 14.4 Å². The van der Waals surface area contributed by atoms with E-state index in [0.29, 0.717) is 6.42 Å². The van der Waals surface area contributed by atoms with E-state index in [1.807, 2.05) is 41.5 Å². The maximum atomic E-state index is 12.2. The van der Waals surface area contributed by atoms with Crippen molar-refractivity contribution in [1.29, 1.82) is 0 Å². The highest BCUT2D eigenvalue weighted by molar-refractivity contribution is 5.89. The van der Waals surface area contributed by atoms with Gasteiger partial charge in [-0.1, -0.05) is 13.8 Å². The van der Waals surface area contributed by atoms with Gasteiger partial charge in [0, 0.05) is 18.5 Å². The van der Waals surface area contributed by atoms with Crippen LogP contribution in [-0.2, 0) is 14.4 Å². The molecule has 0 aliphatic heterocycles. The standard InChI is InChI=1S/C15H29N3O3/c1-10(2)7-15(21)18(8-13(19)16-11(3)4)9-14(20)17-12(5)6/h10-12H,7-9H2,1-6H3,(H,16,19)(H,17,20). The number of nitrogens with zero attached hydrogens (tertiary/aromatic N) is 1. The molecule has 0 bridgehead atoms. The monoisotopic (exact) mass is 299 g/mol. The van der Waals surface area contributed by atoms with Crippen molar-refractivity contribution in [3.63, 3.8) is 0 Å². The minimum atomic E-state index is -0.251. The smallest absolute Gasteiger partial charge is 0.239 e. The molecule has 0 saturated carbocycles. The van der Waals surface area contributed by atoms with Gasteiger partial charge in [0.15, 0.2) is 0 Å². The van der Waals surface area contributed by atoms with E-state index in [0.717, 1.165) is 0 Å². The lowest BCUT2D eigenvalue weighted by Crippen LogP contribution is -2.48. The first-order valence-corrected chi connectivity index (χ1v) is 7.48. The number of hydrogen-bond donors (Lipinski definition) is 2. The SMILES string of the molecule is CC(C)CC(=O)N(CC(=O)NC(C)C)CC(=O)NC(C)C. The van der Waals surface area contributed by atoms with Gasteiger partial charge in [-0.05, 0) is 33.6 Å². The second-order valence-corrected chi connectivity index (χ2v) is 6.29. The van der Waals surface area contributed by atoms with Gasteiger partial charge in [0.25, 0.3) is 0 Å². The minimum absolute atomic E-state index is 0.00374. The average molecular weight is 299 g/mol. The lowest BCUT2D eigenvalue weighted by molar-refractivity contribution is -0.140. The molecule has 0 aromatic rings. The van der Waals surface area contributed by atoms with Crippen LogP contribution in [-0.4, -0.2) is 47.8 Å². The first-order valence-electron chi connectivity index (χ1n) is 7.48. The molecular weight excluding hydrogens is 270 g/mol. The summed E-state index contributed by atoms with van der Waals surface area (Å²) in [5, 5.41) is 5.46. The number of hydrogen-bond acceptors (Lipinski definition) is 3. The summed E-state index contributed by atoms with van der Waals surface area (Å²) >= 11 is 0. The van der Waals surface area contributed by atoms with Crippen molar-refractivity contribution >= 4 is 17.7 Å². The van der Waals surface area contributed by atoms with Crippen LogP contribution in [0.25, 0.3) is 0 Å². The van der Waals surface area contributed by atoms with E-state index in [-0.39, 0.29) is 48.8 Å². The Kier molecular flexibility index (Phi) is 8.66. The summed E-state index contributed by atoms with van der Waals surface area (Å²) in [5.74, 6) is -0.497. The zero-order valence-corrected chi connectivity index (χ0v) is 14.0. The van der Waals surface area contributed by atoms with Gasteiger partial charge in [-0.25, -0.2) is 0 Å². The molecule has 0 heterocycles. The van der Waals surface area contributed by atoms with Crippen LogP contribution >= 0.6 is 0 Å². The molecule has 6 heteroatoms. The summed E-state index contributed by atoms with van der Waals surface area (Å²) in [7, 11) is 0. The zero-order valence-electron chi connectivity index (χ0n) is 14.0. The number of rotatable bonds is 8. The van der Waals surface area contributed by atoms with E-state index in [1.165, 1.54) is 4.90 Å². The quantitative estimate of drug-likeness (QED) is 0.699. The van der Waals surface area contributed by atoms with E-state index in [2.05, 4.69) is 10.6 Å². The molecule has 6 nitrogen and oxygen atoms in total. The molecule has 2 N–H and O–H groups in total. The summed E-state index contributed by atoms with van der Waals surface area (Å²) in [6.45, 7) is 11.1. The van der Waals surface area contributed by atoms with Crippen molar-refractivity contribution in [2.24, 2.45) is 5.92 Å². The van der Waals surface area contributed by atoms with E-state index >= 15 is 0 Å². The Balaban J connectivity index is 4.72. The summed E-state index contributed by atoms with van der Waals surface area (Å²) in [6, 6.07) is 0.00748. The molecule has 0 radical (unpaired) electrons. The molecule has 0 saturated heterocycles. The summed E-state index contributed by atoms with van der Waals surface area (Å²) < 4.78 is 0. The molecule has 0 fully saturated rings. The Labute approximate surface area is 127 Å². The Morgan fingerprint density at radius 1 is 0.810 bits per heavy atom. The minimum Gasteiger partial charge on any atom is -0.352 e. The fourth-order valence-corrected chi connectivity index (χ4v) is 1.79. The molecule has 122 valence electrons. The van der Waals surface area contributed by atoms with Gasteiger partial charge in [0.1, 0.15) is 13.1 Å². The third-order valence-electron chi connectivity index (χ3n) is 2.50. The third-order valence-corrected chi connectivity index (χ3v) is 2.50. The molecule has 0 rings (SSSR count). The van der Waals surface area contributed by atoms with Crippen molar-refractivity contribution in [2.75, 3.05) is 13.1 Å². The van der Waals surface area contributed by atoms with Crippen LogP contribution in [0.1, 0.15) is 48.0 Å². The molecule has 0 unspecified atom stereocenters. The summed E-state index contributed by atoms with van der Waals surface area (Å²) in [4.78, 5) is 37.1. The second kappa shape index (κ2) is 9.37. The van der Waals surface area contributed by atoms with Crippen LogP contribution in [0.15, 0.2) is 0 Å². The predicted molar refractivity (Wildman–Crippen MR) is 82.6 cm³/mol. The molecular formula is C15H29N3O3. The van der Waals surface area contributed by atoms with Gasteiger partial charge in [0.05, 0.1) is 0 Å². The molecule has 3 amide bonds. The largest absolute Gasteiger partial charge is 0.352 e. The number of amides is 3. The molecule has 0 aromatic carbocycles. The topological polar surface area (TPSA) is 78.5 Å². The van der Waals surface area contributed by atoms with Crippen molar-refractivity contribution in [3.8, 4) is 0 Å². The van der Waals surface area contributed by atoms with Crippen LogP contribution in [0.2, 0.25) is 0 Å². The third kappa shape index (κ3) is 9.87. The molecule has 0 atom stereocenters. The van der Waals surface area contributed by atoms with E-state index in [1.54, 1.807) is 0 Å². The zero-order chi connectivity index (χ0) is 16.6. The fourth-order valence-electron chi connectivity index (χ4n) is 1.79. The lowest BCUT2D eigenvalue weighted by Gasteiger charge is -2.23. The van der Waals surface area contributed by atoms with Crippen molar-refractivity contribution in [2.45, 2.75) is 60.0 Å². The maximum Gasteiger partial charge on any atom is 0.239 e. The highest BCUT2D eigenvalue weighted by atomic mass is 16.2. The van der Waals surface area contributed by atoms with Crippen molar-refractivity contribution in [1.82, 2.24) is 15.5 Å². The van der Waals surface area contributed by atoms with E-state index in [4.69, 9.17) is 0 Å². The van der Waals surface area contributed by atoms with Crippen LogP contribution < -0.4 is 10.6 Å². The summed E-state index contributed by atoms with van der Waals surface area (Å²) in [5.41, 5.74) is 0. The van der Waals surface area contributed by atoms with Gasteiger partial charge < -0.3 is 15.5 Å². The van der Waals surface area contributed by atoms with Gasteiger partial charge in [-0.2, -0.15) is 0 Å². The molecule has 0 aromatic heterocycles. The molecule has 21 heavy (non-hydrogen) atoms.